The molecular weight excluding hydrogens is 473 g/mol. The average Bonchev–Trinajstić information content (AvgIpc) is 3.54. The number of amides is 2. The van der Waals surface area contributed by atoms with E-state index in [0.29, 0.717) is 17.9 Å². The molecule has 37 heavy (non-hydrogen) atoms. The summed E-state index contributed by atoms with van der Waals surface area (Å²) in [5.41, 5.74) is 4.72. The van der Waals surface area contributed by atoms with E-state index in [1.54, 1.807) is 30.7 Å². The van der Waals surface area contributed by atoms with Gasteiger partial charge in [-0.15, -0.1) is 0 Å². The second-order valence-corrected chi connectivity index (χ2v) is 8.17. The summed E-state index contributed by atoms with van der Waals surface area (Å²) in [6.07, 6.45) is 11.7. The molecule has 1 aliphatic heterocycles. The lowest BCUT2D eigenvalue weighted by Crippen LogP contribution is -2.25. The summed E-state index contributed by atoms with van der Waals surface area (Å²) in [6, 6.07) is 11.6. The summed E-state index contributed by atoms with van der Waals surface area (Å²) in [5.74, 6) is -0.545. The van der Waals surface area contributed by atoms with Crippen LogP contribution in [0, 0.1) is 5.82 Å². The van der Waals surface area contributed by atoms with Crippen molar-refractivity contribution in [2.45, 2.75) is 6.54 Å². The van der Waals surface area contributed by atoms with Crippen LogP contribution in [0.3, 0.4) is 0 Å². The molecule has 1 aliphatic rings. The summed E-state index contributed by atoms with van der Waals surface area (Å²) in [6.45, 7) is 0.633. The van der Waals surface area contributed by atoms with Gasteiger partial charge >= 0.3 is 0 Å². The van der Waals surface area contributed by atoms with Gasteiger partial charge in [0.15, 0.2) is 11.5 Å². The number of H-pyrrole nitrogens is 1. The highest BCUT2D eigenvalue weighted by atomic mass is 19.1. The first kappa shape index (κ1) is 23.6. The highest BCUT2D eigenvalue weighted by Gasteiger charge is 2.24. The molecule has 0 fully saturated rings. The van der Waals surface area contributed by atoms with Crippen LogP contribution in [0.25, 0.3) is 17.7 Å². The predicted octanol–water partition coefficient (Wildman–Crippen LogP) is 3.89. The second-order valence-electron chi connectivity index (χ2n) is 8.17. The minimum absolute atomic E-state index is 0.162. The molecule has 184 valence electrons. The first-order chi connectivity index (χ1) is 18.1. The molecule has 0 atom stereocenters. The number of aromatic amines is 1. The summed E-state index contributed by atoms with van der Waals surface area (Å²) in [4.78, 5) is 40.4. The molecule has 0 spiro atoms. The number of anilines is 2. The van der Waals surface area contributed by atoms with Crippen LogP contribution in [-0.2, 0) is 11.3 Å². The van der Waals surface area contributed by atoms with Gasteiger partial charge < -0.3 is 20.9 Å². The zero-order valence-electron chi connectivity index (χ0n) is 19.5. The Morgan fingerprint density at radius 2 is 1.92 bits per heavy atom. The van der Waals surface area contributed by atoms with E-state index in [1.807, 2.05) is 30.4 Å². The lowest BCUT2D eigenvalue weighted by molar-refractivity contribution is -0.110. The second kappa shape index (κ2) is 10.6. The third kappa shape index (κ3) is 5.59. The van der Waals surface area contributed by atoms with E-state index in [9.17, 15) is 14.0 Å². The molecule has 0 aliphatic carbocycles. The largest absolute Gasteiger partial charge is 0.365 e. The van der Waals surface area contributed by atoms with Gasteiger partial charge in [-0.2, -0.15) is 0 Å². The molecular formula is C27H22FN7O2. The maximum atomic E-state index is 13.1. The van der Waals surface area contributed by atoms with Crippen molar-refractivity contribution in [3.8, 4) is 0 Å². The number of hydrogen-bond acceptors (Lipinski definition) is 6. The molecule has 0 saturated heterocycles. The van der Waals surface area contributed by atoms with Crippen molar-refractivity contribution in [2.75, 3.05) is 17.2 Å². The molecule has 9 nitrogen and oxygen atoms in total. The molecule has 0 radical (unpaired) electrons. The Bertz CT molecular complexity index is 1500. The summed E-state index contributed by atoms with van der Waals surface area (Å²) in [5, 5.41) is 8.76. The van der Waals surface area contributed by atoms with Crippen molar-refractivity contribution in [2.24, 2.45) is 0 Å². The van der Waals surface area contributed by atoms with E-state index in [0.717, 1.165) is 28.1 Å². The molecule has 2 amide bonds. The monoisotopic (exact) mass is 495 g/mol. The van der Waals surface area contributed by atoms with E-state index in [4.69, 9.17) is 0 Å². The first-order valence-electron chi connectivity index (χ1n) is 11.5. The van der Waals surface area contributed by atoms with Crippen LogP contribution in [-0.4, -0.2) is 38.3 Å². The Labute approximate surface area is 211 Å². The maximum absolute atomic E-state index is 13.1. The van der Waals surface area contributed by atoms with Crippen LogP contribution < -0.4 is 16.0 Å². The molecule has 5 rings (SSSR count). The highest BCUT2D eigenvalue weighted by molar-refractivity contribution is 6.34. The number of nitrogens with zero attached hydrogens (tertiary/aromatic N) is 3. The number of imidazole rings is 1. The number of benzene rings is 2. The molecule has 4 N–H and O–H groups in total. The molecule has 2 aromatic heterocycles. The van der Waals surface area contributed by atoms with Gasteiger partial charge in [0.05, 0.1) is 23.8 Å². The van der Waals surface area contributed by atoms with Gasteiger partial charge in [0.25, 0.3) is 11.8 Å². The summed E-state index contributed by atoms with van der Waals surface area (Å²) >= 11 is 0. The zero-order chi connectivity index (χ0) is 25.6. The van der Waals surface area contributed by atoms with Crippen LogP contribution in [0.1, 0.15) is 32.9 Å². The SMILES string of the molecule is O=C1Nc2cc(/C=C/CNc3nccnc3C(=O)NCc3ccc(F)cc3)ccc2/C1=C/c1cnc[nH]1. The minimum atomic E-state index is -0.391. The molecule has 0 bridgehead atoms. The molecule has 2 aromatic carbocycles. The lowest BCUT2D eigenvalue weighted by Gasteiger charge is -2.09. The van der Waals surface area contributed by atoms with Gasteiger partial charge in [0.2, 0.25) is 0 Å². The number of carbonyl (C=O) groups excluding carboxylic acids is 2. The van der Waals surface area contributed by atoms with E-state index in [2.05, 4.69) is 35.9 Å². The topological polar surface area (TPSA) is 125 Å². The Kier molecular flexibility index (Phi) is 6.80. The fourth-order valence-corrected chi connectivity index (χ4v) is 3.81. The Morgan fingerprint density at radius 1 is 1.08 bits per heavy atom. The van der Waals surface area contributed by atoms with Crippen molar-refractivity contribution in [1.82, 2.24) is 25.3 Å². The number of fused-ring (bicyclic) bond motifs is 1. The van der Waals surface area contributed by atoms with E-state index < -0.39 is 5.91 Å². The minimum Gasteiger partial charge on any atom is -0.365 e. The van der Waals surface area contributed by atoms with Crippen LogP contribution in [0.5, 0.6) is 0 Å². The Hall–Kier alpha value is -5.12. The first-order valence-corrected chi connectivity index (χ1v) is 11.5. The molecule has 0 saturated carbocycles. The van der Waals surface area contributed by atoms with Gasteiger partial charge in [0, 0.05) is 36.7 Å². The van der Waals surface area contributed by atoms with Crippen molar-refractivity contribution < 1.29 is 14.0 Å². The normalized spacial score (nSPS) is 13.5. The van der Waals surface area contributed by atoms with Crippen LogP contribution >= 0.6 is 0 Å². The number of halogens is 1. The fraction of sp³-hybridized carbons (Fsp3) is 0.0741. The van der Waals surface area contributed by atoms with E-state index >= 15 is 0 Å². The maximum Gasteiger partial charge on any atom is 0.273 e. The van der Waals surface area contributed by atoms with Gasteiger partial charge in [-0.25, -0.2) is 19.3 Å². The number of carbonyl (C=O) groups is 2. The van der Waals surface area contributed by atoms with Gasteiger partial charge in [-0.3, -0.25) is 9.59 Å². The zero-order valence-corrected chi connectivity index (χ0v) is 19.5. The van der Waals surface area contributed by atoms with Gasteiger partial charge in [-0.05, 0) is 35.4 Å². The van der Waals surface area contributed by atoms with Crippen molar-refractivity contribution in [3.63, 3.8) is 0 Å². The summed E-state index contributed by atoms with van der Waals surface area (Å²) in [7, 11) is 0. The van der Waals surface area contributed by atoms with Crippen molar-refractivity contribution in [1.29, 1.82) is 0 Å². The van der Waals surface area contributed by atoms with Gasteiger partial charge in [0.1, 0.15) is 5.82 Å². The molecule has 3 heterocycles. The van der Waals surface area contributed by atoms with Crippen molar-refractivity contribution >= 4 is 41.0 Å². The smallest absolute Gasteiger partial charge is 0.273 e. The van der Waals surface area contributed by atoms with Crippen LogP contribution in [0.15, 0.2) is 73.5 Å². The Morgan fingerprint density at radius 3 is 2.73 bits per heavy atom. The highest BCUT2D eigenvalue weighted by Crippen LogP contribution is 2.33. The summed E-state index contributed by atoms with van der Waals surface area (Å²) < 4.78 is 13.1. The average molecular weight is 496 g/mol. The third-order valence-electron chi connectivity index (χ3n) is 5.62. The number of nitrogens with one attached hydrogen (secondary N) is 4. The third-order valence-corrected chi connectivity index (χ3v) is 5.62. The number of hydrogen-bond donors (Lipinski definition) is 4. The standard InChI is InChI=1S/C27H22FN7O2/c28-19-6-3-18(4-7-19)14-33-27(37)24-25(32-11-10-30-24)31-9-1-2-17-5-8-21-22(13-20-15-29-16-34-20)26(36)35-23(21)12-17/h1-8,10-13,15-16H,9,14H2,(H,29,34)(H,31,32)(H,33,37)(H,35,36)/b2-1+,22-13-. The van der Waals surface area contributed by atoms with Crippen LogP contribution in [0.2, 0.25) is 0 Å². The Balaban J connectivity index is 1.20. The van der Waals surface area contributed by atoms with Crippen LogP contribution in [0.4, 0.5) is 15.9 Å². The number of rotatable bonds is 8. The van der Waals surface area contributed by atoms with Crippen molar-refractivity contribution in [3.05, 3.63) is 107 Å². The fourth-order valence-electron chi connectivity index (χ4n) is 3.81. The van der Waals surface area contributed by atoms with E-state index in [-0.39, 0.29) is 24.0 Å². The lowest BCUT2D eigenvalue weighted by atomic mass is 10.0. The number of aromatic nitrogens is 4. The van der Waals surface area contributed by atoms with E-state index in [1.165, 1.54) is 24.5 Å². The predicted molar refractivity (Wildman–Crippen MR) is 139 cm³/mol. The van der Waals surface area contributed by atoms with Gasteiger partial charge in [-0.1, -0.05) is 36.4 Å². The molecule has 4 aromatic rings. The molecule has 0 unspecified atom stereocenters. The molecule has 10 heteroatoms. The quantitative estimate of drug-likeness (QED) is 0.275.